The van der Waals surface area contributed by atoms with Crippen LogP contribution in [-0.4, -0.2) is 44.7 Å². The summed E-state index contributed by atoms with van der Waals surface area (Å²) in [6.07, 6.45) is 4.79. The van der Waals surface area contributed by atoms with Crippen LogP contribution in [0.2, 0.25) is 0 Å². The molecule has 2 rings (SSSR count). The van der Waals surface area contributed by atoms with Crippen LogP contribution in [0.25, 0.3) is 0 Å². The molecule has 0 aliphatic carbocycles. The average Bonchev–Trinajstić information content (AvgIpc) is 2.53. The predicted molar refractivity (Wildman–Crippen MR) is 95.2 cm³/mol. The van der Waals surface area contributed by atoms with Crippen LogP contribution >= 0.6 is 0 Å². The first-order valence-electron chi connectivity index (χ1n) is 8.40. The van der Waals surface area contributed by atoms with Crippen molar-refractivity contribution in [3.8, 4) is 0 Å². The smallest absolute Gasteiger partial charge is 0.317 e. The summed E-state index contributed by atoms with van der Waals surface area (Å²) in [4.78, 5) is 14.3. The number of carbonyl (C=O) groups is 1. The molecule has 24 heavy (non-hydrogen) atoms. The van der Waals surface area contributed by atoms with Crippen molar-refractivity contribution < 1.29 is 13.2 Å². The molecule has 1 aromatic rings. The van der Waals surface area contributed by atoms with E-state index in [4.69, 9.17) is 0 Å². The summed E-state index contributed by atoms with van der Waals surface area (Å²) in [5, 5.41) is 2.97. The highest BCUT2D eigenvalue weighted by atomic mass is 32.2. The Morgan fingerprint density at radius 2 is 1.96 bits per heavy atom. The molecule has 1 aromatic carbocycles. The van der Waals surface area contributed by atoms with E-state index in [1.54, 1.807) is 0 Å². The lowest BCUT2D eigenvalue weighted by Gasteiger charge is -2.35. The zero-order valence-corrected chi connectivity index (χ0v) is 15.2. The maximum Gasteiger partial charge on any atom is 0.317 e. The number of urea groups is 1. The van der Waals surface area contributed by atoms with E-state index in [0.29, 0.717) is 19.5 Å². The Labute approximate surface area is 144 Å². The number of nitrogens with zero attached hydrogens (tertiary/aromatic N) is 1. The number of hydrogen-bond donors (Lipinski definition) is 2. The first-order chi connectivity index (χ1) is 11.3. The number of sulfonamides is 1. The molecule has 0 aromatic heterocycles. The predicted octanol–water partition coefficient (Wildman–Crippen LogP) is 2.00. The number of rotatable bonds is 6. The van der Waals surface area contributed by atoms with Crippen molar-refractivity contribution in [2.45, 2.75) is 45.2 Å². The minimum atomic E-state index is -3.18. The SMILES string of the molecule is Cc1ccc(CNC(=O)N2CCCC[C@H]2CCNS(C)(=O)=O)cc1. The monoisotopic (exact) mass is 353 g/mol. The van der Waals surface area contributed by atoms with Crippen molar-refractivity contribution in [2.75, 3.05) is 19.3 Å². The zero-order chi connectivity index (χ0) is 17.6. The van der Waals surface area contributed by atoms with Crippen molar-refractivity contribution >= 4 is 16.1 Å². The second kappa shape index (κ2) is 8.48. The minimum absolute atomic E-state index is 0.0698. The van der Waals surface area contributed by atoms with Crippen LogP contribution in [0.1, 0.15) is 36.8 Å². The third kappa shape index (κ3) is 6.13. The number of likely N-dealkylation sites (tertiary alicyclic amines) is 1. The van der Waals surface area contributed by atoms with E-state index < -0.39 is 10.0 Å². The van der Waals surface area contributed by atoms with Gasteiger partial charge in [-0.15, -0.1) is 0 Å². The van der Waals surface area contributed by atoms with E-state index in [2.05, 4.69) is 10.0 Å². The molecule has 0 unspecified atom stereocenters. The molecule has 1 fully saturated rings. The third-order valence-corrected chi connectivity index (χ3v) is 5.02. The number of amides is 2. The van der Waals surface area contributed by atoms with Gasteiger partial charge in [-0.25, -0.2) is 17.9 Å². The Balaban J connectivity index is 1.86. The van der Waals surface area contributed by atoms with Gasteiger partial charge in [0.25, 0.3) is 0 Å². The van der Waals surface area contributed by atoms with E-state index in [9.17, 15) is 13.2 Å². The maximum atomic E-state index is 12.5. The Hall–Kier alpha value is -1.60. The van der Waals surface area contributed by atoms with Gasteiger partial charge in [-0.3, -0.25) is 0 Å². The molecule has 1 atom stereocenters. The van der Waals surface area contributed by atoms with E-state index in [0.717, 1.165) is 37.6 Å². The second-order valence-corrected chi connectivity index (χ2v) is 8.28. The van der Waals surface area contributed by atoms with Gasteiger partial charge >= 0.3 is 6.03 Å². The summed E-state index contributed by atoms with van der Waals surface area (Å²) in [5.41, 5.74) is 2.26. The van der Waals surface area contributed by atoms with Gasteiger partial charge in [0.1, 0.15) is 0 Å². The first-order valence-corrected chi connectivity index (χ1v) is 10.3. The van der Waals surface area contributed by atoms with Gasteiger partial charge in [-0.1, -0.05) is 29.8 Å². The van der Waals surface area contributed by atoms with E-state index in [1.807, 2.05) is 36.1 Å². The second-order valence-electron chi connectivity index (χ2n) is 6.44. The summed E-state index contributed by atoms with van der Waals surface area (Å²) in [6.45, 7) is 3.63. The molecule has 1 aliphatic heterocycles. The Morgan fingerprint density at radius 1 is 1.25 bits per heavy atom. The molecule has 1 saturated heterocycles. The van der Waals surface area contributed by atoms with Gasteiger partial charge in [0.2, 0.25) is 10.0 Å². The lowest BCUT2D eigenvalue weighted by molar-refractivity contribution is 0.147. The number of benzene rings is 1. The molecule has 1 aliphatic rings. The topological polar surface area (TPSA) is 78.5 Å². The molecular formula is C17H27N3O3S. The van der Waals surface area contributed by atoms with Crippen molar-refractivity contribution in [1.29, 1.82) is 0 Å². The lowest BCUT2D eigenvalue weighted by Crippen LogP contribution is -2.49. The molecular weight excluding hydrogens is 326 g/mol. The molecule has 0 saturated carbocycles. The number of nitrogens with one attached hydrogen (secondary N) is 2. The minimum Gasteiger partial charge on any atom is -0.334 e. The quantitative estimate of drug-likeness (QED) is 0.821. The first kappa shape index (κ1) is 18.7. The van der Waals surface area contributed by atoms with E-state index >= 15 is 0 Å². The molecule has 2 amide bonds. The van der Waals surface area contributed by atoms with Crippen molar-refractivity contribution in [3.05, 3.63) is 35.4 Å². The number of carbonyl (C=O) groups excluding carboxylic acids is 1. The number of aryl methyl sites for hydroxylation is 1. The van der Waals surface area contributed by atoms with Crippen molar-refractivity contribution in [1.82, 2.24) is 14.9 Å². The highest BCUT2D eigenvalue weighted by Gasteiger charge is 2.26. The summed E-state index contributed by atoms with van der Waals surface area (Å²) in [7, 11) is -3.18. The molecule has 0 spiro atoms. The summed E-state index contributed by atoms with van der Waals surface area (Å²) in [6, 6.07) is 8.11. The van der Waals surface area contributed by atoms with Crippen LogP contribution in [0.4, 0.5) is 4.79 Å². The van der Waals surface area contributed by atoms with Crippen LogP contribution in [-0.2, 0) is 16.6 Å². The lowest BCUT2D eigenvalue weighted by atomic mass is 10.00. The Bertz CT molecular complexity index is 644. The van der Waals surface area contributed by atoms with Crippen LogP contribution in [0.3, 0.4) is 0 Å². The van der Waals surface area contributed by atoms with Gasteiger partial charge in [0.05, 0.1) is 6.26 Å². The average molecular weight is 353 g/mol. The summed E-state index contributed by atoms with van der Waals surface area (Å²) < 4.78 is 24.8. The van der Waals surface area contributed by atoms with E-state index in [1.165, 1.54) is 5.56 Å². The van der Waals surface area contributed by atoms with E-state index in [-0.39, 0.29) is 12.1 Å². The van der Waals surface area contributed by atoms with Gasteiger partial charge in [-0.2, -0.15) is 0 Å². The summed E-state index contributed by atoms with van der Waals surface area (Å²) in [5.74, 6) is 0. The highest BCUT2D eigenvalue weighted by molar-refractivity contribution is 7.88. The van der Waals surface area contributed by atoms with Gasteiger partial charge in [0, 0.05) is 25.7 Å². The largest absolute Gasteiger partial charge is 0.334 e. The number of piperidine rings is 1. The normalized spacial score (nSPS) is 18.4. The van der Waals surface area contributed by atoms with Gasteiger partial charge < -0.3 is 10.2 Å². The van der Waals surface area contributed by atoms with Gasteiger partial charge in [-0.05, 0) is 38.2 Å². The van der Waals surface area contributed by atoms with Crippen LogP contribution in [0.15, 0.2) is 24.3 Å². The van der Waals surface area contributed by atoms with Crippen LogP contribution in [0, 0.1) is 6.92 Å². The van der Waals surface area contributed by atoms with Crippen molar-refractivity contribution in [3.63, 3.8) is 0 Å². The molecule has 2 N–H and O–H groups in total. The van der Waals surface area contributed by atoms with Crippen LogP contribution < -0.4 is 10.0 Å². The van der Waals surface area contributed by atoms with Gasteiger partial charge in [0.15, 0.2) is 0 Å². The third-order valence-electron chi connectivity index (χ3n) is 4.29. The molecule has 1 heterocycles. The standard InChI is InChI=1S/C17H27N3O3S/c1-14-6-8-15(9-7-14)13-18-17(21)20-12-4-3-5-16(20)10-11-19-24(2,22)23/h6-9,16,19H,3-5,10-13H2,1-2H3,(H,18,21)/t16-/m0/s1. The fraction of sp³-hybridized carbons (Fsp3) is 0.588. The highest BCUT2D eigenvalue weighted by Crippen LogP contribution is 2.19. The molecule has 6 nitrogen and oxygen atoms in total. The fourth-order valence-corrected chi connectivity index (χ4v) is 3.45. The Morgan fingerprint density at radius 3 is 2.62 bits per heavy atom. The maximum absolute atomic E-state index is 12.5. The molecule has 7 heteroatoms. The zero-order valence-electron chi connectivity index (χ0n) is 14.4. The molecule has 134 valence electrons. The molecule has 0 bridgehead atoms. The number of hydrogen-bond acceptors (Lipinski definition) is 3. The molecule has 0 radical (unpaired) electrons. The fourth-order valence-electron chi connectivity index (χ4n) is 2.96. The Kier molecular flexibility index (Phi) is 6.62. The summed E-state index contributed by atoms with van der Waals surface area (Å²) >= 11 is 0. The van der Waals surface area contributed by atoms with Crippen molar-refractivity contribution in [2.24, 2.45) is 0 Å². The van der Waals surface area contributed by atoms with Crippen LogP contribution in [0.5, 0.6) is 0 Å².